The molecule has 0 saturated heterocycles. The second kappa shape index (κ2) is 11.1. The molecular weight excluding hydrogens is 534 g/mol. The van der Waals surface area contributed by atoms with Crippen molar-refractivity contribution in [3.8, 4) is 17.1 Å². The van der Waals surface area contributed by atoms with Crippen molar-refractivity contribution in [2.45, 2.75) is 26.8 Å². The molecule has 1 aliphatic rings. The van der Waals surface area contributed by atoms with E-state index in [1.54, 1.807) is 34.8 Å². The highest BCUT2D eigenvalue weighted by atomic mass is 35.5. The Morgan fingerprint density at radius 3 is 2.54 bits per heavy atom. The van der Waals surface area contributed by atoms with Gasteiger partial charge in [0.2, 0.25) is 0 Å². The normalized spacial score (nSPS) is 15.2. The Morgan fingerprint density at radius 1 is 1.13 bits per heavy atom. The number of hydrogen-bond acceptors (Lipinski definition) is 6. The molecule has 4 aromatic rings. The van der Waals surface area contributed by atoms with Crippen LogP contribution in [0, 0.1) is 0 Å². The molecule has 0 aliphatic carbocycles. The van der Waals surface area contributed by atoms with E-state index in [1.807, 2.05) is 69.3 Å². The average Bonchev–Trinajstić information content (AvgIpc) is 3.53. The van der Waals surface area contributed by atoms with Gasteiger partial charge in [-0.05, 0) is 63.2 Å². The van der Waals surface area contributed by atoms with E-state index in [1.165, 1.54) is 11.3 Å². The summed E-state index contributed by atoms with van der Waals surface area (Å²) in [7, 11) is 1.58. The maximum Gasteiger partial charge on any atom is 0.271 e. The molecule has 3 heterocycles. The number of para-hydroxylation sites is 1. The fourth-order valence-corrected chi connectivity index (χ4v) is 5.94. The molecule has 2 aromatic carbocycles. The number of halogens is 1. The fourth-order valence-electron chi connectivity index (χ4n) is 4.79. The lowest BCUT2D eigenvalue weighted by molar-refractivity contribution is -0.127. The lowest BCUT2D eigenvalue weighted by Crippen LogP contribution is -2.43. The van der Waals surface area contributed by atoms with Crippen LogP contribution in [-0.2, 0) is 4.79 Å². The van der Waals surface area contributed by atoms with Crippen molar-refractivity contribution in [1.29, 1.82) is 0 Å². The molecule has 0 fully saturated rings. The number of hydrogen-bond donors (Lipinski definition) is 0. The van der Waals surface area contributed by atoms with E-state index in [0.29, 0.717) is 56.0 Å². The van der Waals surface area contributed by atoms with Gasteiger partial charge in [0.1, 0.15) is 23.3 Å². The Kier molecular flexibility index (Phi) is 7.59. The summed E-state index contributed by atoms with van der Waals surface area (Å²) in [4.78, 5) is 34.7. The van der Waals surface area contributed by atoms with E-state index in [4.69, 9.17) is 25.7 Å². The number of likely N-dealkylation sites (N-methyl/N-ethyl adjacent to an activating group) is 1. The number of allylic oxidation sites excluding steroid dienone is 1. The van der Waals surface area contributed by atoms with Crippen LogP contribution in [0.1, 0.15) is 38.1 Å². The van der Waals surface area contributed by atoms with E-state index in [0.717, 1.165) is 11.1 Å². The van der Waals surface area contributed by atoms with Crippen molar-refractivity contribution in [3.63, 3.8) is 0 Å². The number of furan rings is 1. The monoisotopic (exact) mass is 561 g/mol. The second-order valence-electron chi connectivity index (χ2n) is 9.01. The van der Waals surface area contributed by atoms with Crippen LogP contribution in [0.3, 0.4) is 0 Å². The van der Waals surface area contributed by atoms with Crippen molar-refractivity contribution >= 4 is 34.9 Å². The van der Waals surface area contributed by atoms with E-state index in [2.05, 4.69) is 0 Å². The van der Waals surface area contributed by atoms with Crippen LogP contribution < -0.4 is 19.6 Å². The van der Waals surface area contributed by atoms with Gasteiger partial charge in [-0.3, -0.25) is 14.2 Å². The van der Waals surface area contributed by atoms with Crippen LogP contribution in [0.5, 0.6) is 5.75 Å². The maximum atomic E-state index is 13.9. The minimum Gasteiger partial charge on any atom is -0.496 e. The van der Waals surface area contributed by atoms with E-state index in [-0.39, 0.29) is 11.5 Å². The number of carbonyl (C=O) groups excluding carboxylic acids is 1. The standard InChI is InChI=1S/C30H28ClN3O4S/c1-5-33(6-2)29(36)26-18(3)32-30-34(27(26)22-9-7-8-10-24(22)37-4)28(35)25(39-30)17-21-15-16-23(38-21)19-11-13-20(31)14-12-19/h7-17,27H,5-6H2,1-4H3/b25-17+/t27-/m1/s1. The van der Waals surface area contributed by atoms with Crippen molar-refractivity contribution in [1.82, 2.24) is 9.47 Å². The van der Waals surface area contributed by atoms with Gasteiger partial charge < -0.3 is 14.1 Å². The van der Waals surface area contributed by atoms with Gasteiger partial charge >= 0.3 is 0 Å². The quantitative estimate of drug-likeness (QED) is 0.317. The van der Waals surface area contributed by atoms with Gasteiger partial charge in [0, 0.05) is 35.3 Å². The van der Waals surface area contributed by atoms with Gasteiger partial charge in [-0.15, -0.1) is 0 Å². The van der Waals surface area contributed by atoms with Crippen LogP contribution in [0.2, 0.25) is 5.02 Å². The first-order chi connectivity index (χ1) is 18.9. The van der Waals surface area contributed by atoms with Crippen LogP contribution in [-0.4, -0.2) is 35.6 Å². The lowest BCUT2D eigenvalue weighted by atomic mass is 9.94. The molecule has 0 unspecified atom stereocenters. The maximum absolute atomic E-state index is 13.9. The summed E-state index contributed by atoms with van der Waals surface area (Å²) in [6, 6.07) is 17.8. The molecule has 0 saturated carbocycles. The summed E-state index contributed by atoms with van der Waals surface area (Å²) >= 11 is 7.28. The lowest BCUT2D eigenvalue weighted by Gasteiger charge is -2.29. The largest absolute Gasteiger partial charge is 0.496 e. The molecular formula is C30H28ClN3O4S. The van der Waals surface area contributed by atoms with Gasteiger partial charge in [-0.1, -0.05) is 41.1 Å². The summed E-state index contributed by atoms with van der Waals surface area (Å²) in [5.74, 6) is 1.65. The number of nitrogens with zero attached hydrogens (tertiary/aromatic N) is 3. The van der Waals surface area contributed by atoms with Gasteiger partial charge in [0.05, 0.1) is 22.9 Å². The predicted molar refractivity (Wildman–Crippen MR) is 154 cm³/mol. The first-order valence-corrected chi connectivity index (χ1v) is 13.9. The molecule has 7 nitrogen and oxygen atoms in total. The highest BCUT2D eigenvalue weighted by Crippen LogP contribution is 2.36. The minimum atomic E-state index is -0.686. The third-order valence-corrected chi connectivity index (χ3v) is 8.00. The number of ether oxygens (including phenoxy) is 1. The smallest absolute Gasteiger partial charge is 0.271 e. The van der Waals surface area contributed by atoms with Crippen LogP contribution >= 0.6 is 22.9 Å². The van der Waals surface area contributed by atoms with Crippen molar-refractivity contribution < 1.29 is 13.9 Å². The number of carbonyl (C=O) groups is 1. The Labute approximate surface area is 234 Å². The highest BCUT2D eigenvalue weighted by molar-refractivity contribution is 7.07. The third-order valence-electron chi connectivity index (χ3n) is 6.77. The van der Waals surface area contributed by atoms with Crippen LogP contribution in [0.15, 0.2) is 86.1 Å². The summed E-state index contributed by atoms with van der Waals surface area (Å²) in [6.07, 6.45) is 1.72. The summed E-state index contributed by atoms with van der Waals surface area (Å²) in [5, 5.41) is 0.644. The third kappa shape index (κ3) is 4.97. The van der Waals surface area contributed by atoms with Gasteiger partial charge in [0.25, 0.3) is 11.5 Å². The topological polar surface area (TPSA) is 77.0 Å². The van der Waals surface area contributed by atoms with E-state index < -0.39 is 6.04 Å². The van der Waals surface area contributed by atoms with Crippen molar-refractivity contribution in [2.75, 3.05) is 20.2 Å². The molecule has 5 rings (SSSR count). The van der Waals surface area contributed by atoms with Gasteiger partial charge in [-0.25, -0.2) is 4.99 Å². The zero-order valence-electron chi connectivity index (χ0n) is 22.1. The molecule has 39 heavy (non-hydrogen) atoms. The van der Waals surface area contributed by atoms with E-state index in [9.17, 15) is 9.59 Å². The number of aromatic nitrogens is 1. The highest BCUT2D eigenvalue weighted by Gasteiger charge is 2.35. The molecule has 1 atom stereocenters. The summed E-state index contributed by atoms with van der Waals surface area (Å²) in [5.41, 5.74) is 2.40. The molecule has 2 aromatic heterocycles. The first-order valence-electron chi connectivity index (χ1n) is 12.7. The zero-order valence-corrected chi connectivity index (χ0v) is 23.7. The zero-order chi connectivity index (χ0) is 27.7. The molecule has 0 bridgehead atoms. The Hall–Kier alpha value is -3.88. The van der Waals surface area contributed by atoms with Crippen molar-refractivity contribution in [2.24, 2.45) is 4.99 Å². The predicted octanol–water partition coefficient (Wildman–Crippen LogP) is 5.03. The number of methoxy groups -OCH3 is 1. The molecule has 0 radical (unpaired) electrons. The number of amides is 1. The molecule has 0 spiro atoms. The number of fused-ring (bicyclic) bond motifs is 1. The SMILES string of the molecule is CCN(CC)C(=O)C1=C(C)N=c2s/c(=C/c3ccc(-c4ccc(Cl)cc4)o3)c(=O)n2[C@@H]1c1ccccc1OC. The molecule has 1 aliphatic heterocycles. The van der Waals surface area contributed by atoms with Crippen LogP contribution in [0.25, 0.3) is 17.4 Å². The molecule has 9 heteroatoms. The average molecular weight is 562 g/mol. The first kappa shape index (κ1) is 26.7. The number of benzene rings is 2. The fraction of sp³-hybridized carbons (Fsp3) is 0.233. The minimum absolute atomic E-state index is 0.148. The van der Waals surface area contributed by atoms with Crippen LogP contribution in [0.4, 0.5) is 0 Å². The van der Waals surface area contributed by atoms with Gasteiger partial charge in [0.15, 0.2) is 4.80 Å². The molecule has 1 amide bonds. The number of thiazole rings is 1. The van der Waals surface area contributed by atoms with E-state index >= 15 is 0 Å². The Bertz CT molecular complexity index is 1740. The molecule has 0 N–H and O–H groups in total. The Balaban J connectivity index is 1.67. The Morgan fingerprint density at radius 2 is 1.85 bits per heavy atom. The summed E-state index contributed by atoms with van der Waals surface area (Å²) in [6.45, 7) is 6.78. The second-order valence-corrected chi connectivity index (χ2v) is 10.5. The van der Waals surface area contributed by atoms with Crippen molar-refractivity contribution in [3.05, 3.63) is 108 Å². The number of rotatable bonds is 7. The van der Waals surface area contributed by atoms with Gasteiger partial charge in [-0.2, -0.15) is 0 Å². The molecule has 200 valence electrons. The summed E-state index contributed by atoms with van der Waals surface area (Å²) < 4.78 is 13.7.